The Balaban J connectivity index is 1.07. The minimum atomic E-state index is -1.13. The smallest absolute Gasteiger partial charge is 0.258 e. The number of carbonyl (C=O) groups excluding carboxylic acids is 2. The number of benzene rings is 2. The van der Waals surface area contributed by atoms with Gasteiger partial charge >= 0.3 is 0 Å². The zero-order valence-corrected chi connectivity index (χ0v) is 26.0. The first-order chi connectivity index (χ1) is 21.2. The number of nitrogens with one attached hydrogen (secondary N) is 1. The molecular weight excluding hydrogens is 554 g/mol. The third-order valence-electron chi connectivity index (χ3n) is 8.26. The van der Waals surface area contributed by atoms with E-state index in [2.05, 4.69) is 16.4 Å². The van der Waals surface area contributed by atoms with Crippen LogP contribution in [0.2, 0.25) is 0 Å². The van der Waals surface area contributed by atoms with Crippen LogP contribution in [-0.2, 0) is 29.1 Å². The van der Waals surface area contributed by atoms with Crippen molar-refractivity contribution in [2.75, 3.05) is 36.5 Å². The zero-order chi connectivity index (χ0) is 31.3. The second-order valence-corrected chi connectivity index (χ2v) is 11.7. The number of anilines is 2. The van der Waals surface area contributed by atoms with Crippen LogP contribution in [0.1, 0.15) is 44.9 Å². The number of nitrogens with zero attached hydrogens (tertiary/aromatic N) is 4. The van der Waals surface area contributed by atoms with Gasteiger partial charge in [0.1, 0.15) is 11.2 Å². The van der Waals surface area contributed by atoms with Crippen molar-refractivity contribution in [3.05, 3.63) is 94.7 Å². The van der Waals surface area contributed by atoms with E-state index in [9.17, 15) is 14.4 Å². The van der Waals surface area contributed by atoms with Crippen LogP contribution in [0.5, 0.6) is 5.75 Å². The first kappa shape index (κ1) is 30.9. The summed E-state index contributed by atoms with van der Waals surface area (Å²) in [5.41, 5.74) is 2.41. The van der Waals surface area contributed by atoms with E-state index in [0.717, 1.165) is 53.6 Å². The van der Waals surface area contributed by atoms with E-state index >= 15 is 0 Å². The van der Waals surface area contributed by atoms with Crippen molar-refractivity contribution in [3.63, 3.8) is 0 Å². The summed E-state index contributed by atoms with van der Waals surface area (Å²) in [6.07, 6.45) is 6.17. The lowest BCUT2D eigenvalue weighted by atomic mass is 9.90. The molecule has 4 aromatic rings. The molecule has 2 amide bonds. The van der Waals surface area contributed by atoms with Crippen molar-refractivity contribution in [1.29, 1.82) is 0 Å². The first-order valence-corrected chi connectivity index (χ1v) is 15.3. The summed E-state index contributed by atoms with van der Waals surface area (Å²) in [6, 6.07) is 19.3. The second kappa shape index (κ2) is 13.4. The minimum absolute atomic E-state index is 0.0260. The van der Waals surface area contributed by atoms with Crippen molar-refractivity contribution in [2.45, 2.75) is 53.1 Å². The fourth-order valence-corrected chi connectivity index (χ4v) is 5.66. The number of hydrogen-bond acceptors (Lipinski definition) is 6. The topological polar surface area (TPSA) is 96.8 Å². The van der Waals surface area contributed by atoms with Crippen molar-refractivity contribution in [3.8, 4) is 5.75 Å². The molecule has 0 radical (unpaired) electrons. The van der Waals surface area contributed by atoms with E-state index in [0.29, 0.717) is 37.6 Å². The summed E-state index contributed by atoms with van der Waals surface area (Å²) in [7, 11) is 1.71. The fraction of sp³-hybridized carbons (Fsp3) is 0.371. The molecular formula is C35H41N5O4. The average Bonchev–Trinajstić information content (AvgIpc) is 3.08. The highest BCUT2D eigenvalue weighted by molar-refractivity contribution is 6.20. The van der Waals surface area contributed by atoms with Crippen LogP contribution in [0.15, 0.2) is 77.9 Å². The van der Waals surface area contributed by atoms with E-state index < -0.39 is 5.41 Å². The van der Waals surface area contributed by atoms with Gasteiger partial charge in [-0.25, -0.2) is 0 Å². The summed E-state index contributed by atoms with van der Waals surface area (Å²) in [5.74, 6) is 0.247. The normalized spacial score (nSPS) is 14.5. The predicted octanol–water partition coefficient (Wildman–Crippen LogP) is 4.94. The molecule has 0 saturated carbocycles. The first-order valence-electron chi connectivity index (χ1n) is 15.3. The van der Waals surface area contributed by atoms with Gasteiger partial charge in [-0.2, -0.15) is 0 Å². The Labute approximate surface area is 258 Å². The number of amides is 2. The highest BCUT2D eigenvalue weighted by atomic mass is 16.5. The Hall–Kier alpha value is -4.50. The lowest BCUT2D eigenvalue weighted by molar-refractivity contribution is -0.137. The van der Waals surface area contributed by atoms with Crippen molar-refractivity contribution < 1.29 is 14.3 Å². The second-order valence-electron chi connectivity index (χ2n) is 11.7. The number of pyridine rings is 2. The Morgan fingerprint density at radius 3 is 2.57 bits per heavy atom. The Bertz CT molecular complexity index is 1710. The van der Waals surface area contributed by atoms with E-state index in [1.165, 1.54) is 0 Å². The number of rotatable bonds is 12. The van der Waals surface area contributed by atoms with E-state index in [-0.39, 0.29) is 17.4 Å². The fourth-order valence-electron chi connectivity index (χ4n) is 5.66. The van der Waals surface area contributed by atoms with Crippen LogP contribution in [0.25, 0.3) is 10.8 Å². The average molecular weight is 596 g/mol. The lowest BCUT2D eigenvalue weighted by Crippen LogP contribution is -2.47. The van der Waals surface area contributed by atoms with Gasteiger partial charge in [0.25, 0.3) is 5.56 Å². The quantitative estimate of drug-likeness (QED) is 0.184. The van der Waals surface area contributed by atoms with Gasteiger partial charge in [0.2, 0.25) is 11.8 Å². The molecule has 1 N–H and O–H groups in total. The summed E-state index contributed by atoms with van der Waals surface area (Å²) in [5, 5.41) is 5.18. The molecule has 1 aliphatic rings. The predicted molar refractivity (Wildman–Crippen MR) is 174 cm³/mol. The Morgan fingerprint density at radius 1 is 0.932 bits per heavy atom. The number of hydrogen-bond donors (Lipinski definition) is 1. The number of ether oxygens (including phenoxy) is 1. The number of carbonyl (C=O) groups is 2. The van der Waals surface area contributed by atoms with Crippen LogP contribution in [0, 0.1) is 5.41 Å². The van der Waals surface area contributed by atoms with Gasteiger partial charge < -0.3 is 24.4 Å². The summed E-state index contributed by atoms with van der Waals surface area (Å²) < 4.78 is 7.77. The molecule has 1 aliphatic heterocycles. The maximum absolute atomic E-state index is 13.1. The van der Waals surface area contributed by atoms with Gasteiger partial charge in [-0.1, -0.05) is 18.2 Å². The largest absolute Gasteiger partial charge is 0.494 e. The molecule has 0 atom stereocenters. The molecule has 0 spiro atoms. The molecule has 9 nitrogen and oxygen atoms in total. The molecule has 9 heteroatoms. The van der Waals surface area contributed by atoms with Crippen molar-refractivity contribution in [1.82, 2.24) is 14.9 Å². The Morgan fingerprint density at radius 2 is 1.75 bits per heavy atom. The molecule has 3 heterocycles. The zero-order valence-electron chi connectivity index (χ0n) is 26.0. The summed E-state index contributed by atoms with van der Waals surface area (Å²) in [4.78, 5) is 46.6. The van der Waals surface area contributed by atoms with Crippen molar-refractivity contribution >= 4 is 34.0 Å². The summed E-state index contributed by atoms with van der Waals surface area (Å²) >= 11 is 0. The molecule has 230 valence electrons. The standard InChI is InChI=1S/C35H41N5O4/c1-5-40-30-13-12-28(23-31(30)38(4)33(42)35(2,3)34(40)43)44-21-9-8-17-36-24-25-14-18-37-27(22-25)16-20-39-19-15-26-10-6-7-11-29(26)32(39)41/h6-7,10-15,18-19,22-23,36H,5,8-9,16-17,20-21,24H2,1-4H3. The highest BCUT2D eigenvalue weighted by Gasteiger charge is 2.45. The van der Waals surface area contributed by atoms with E-state index in [1.807, 2.05) is 73.9 Å². The van der Waals surface area contributed by atoms with Crippen LogP contribution >= 0.6 is 0 Å². The van der Waals surface area contributed by atoms with Gasteiger partial charge in [0.15, 0.2) is 0 Å². The number of unbranched alkanes of at least 4 members (excludes halogenated alkanes) is 1. The molecule has 5 rings (SSSR count). The molecule has 0 bridgehead atoms. The van der Waals surface area contributed by atoms with Gasteiger partial charge in [0, 0.05) is 62.6 Å². The number of aryl methyl sites for hydroxylation is 2. The van der Waals surface area contributed by atoms with Gasteiger partial charge in [-0.3, -0.25) is 19.4 Å². The van der Waals surface area contributed by atoms with Gasteiger partial charge in [-0.15, -0.1) is 0 Å². The van der Waals surface area contributed by atoms with Crippen LogP contribution in [0.4, 0.5) is 11.4 Å². The third kappa shape index (κ3) is 6.53. The maximum atomic E-state index is 13.1. The van der Waals surface area contributed by atoms with Crippen LogP contribution in [0.3, 0.4) is 0 Å². The molecule has 0 unspecified atom stereocenters. The molecule has 2 aromatic heterocycles. The van der Waals surface area contributed by atoms with E-state index in [1.54, 1.807) is 35.3 Å². The SMILES string of the molecule is CCN1C(=O)C(C)(C)C(=O)N(C)c2cc(OCCCCNCc3ccnc(CCn4ccc5ccccc5c4=O)c3)ccc21. The molecule has 2 aromatic carbocycles. The molecule has 0 aliphatic carbocycles. The lowest BCUT2D eigenvalue weighted by Gasteiger charge is -2.27. The van der Waals surface area contributed by atoms with Crippen LogP contribution < -0.4 is 25.4 Å². The number of fused-ring (bicyclic) bond motifs is 2. The summed E-state index contributed by atoms with van der Waals surface area (Å²) in [6.45, 7) is 8.47. The molecule has 0 saturated heterocycles. The minimum Gasteiger partial charge on any atom is -0.494 e. The third-order valence-corrected chi connectivity index (χ3v) is 8.26. The van der Waals surface area contributed by atoms with E-state index in [4.69, 9.17) is 4.74 Å². The Kier molecular flexibility index (Phi) is 9.44. The molecule has 0 fully saturated rings. The maximum Gasteiger partial charge on any atom is 0.258 e. The highest BCUT2D eigenvalue weighted by Crippen LogP contribution is 2.40. The van der Waals surface area contributed by atoms with Gasteiger partial charge in [0.05, 0.1) is 18.0 Å². The molecule has 44 heavy (non-hydrogen) atoms. The van der Waals surface area contributed by atoms with Crippen molar-refractivity contribution in [2.24, 2.45) is 5.41 Å². The number of aromatic nitrogens is 2. The monoisotopic (exact) mass is 595 g/mol. The van der Waals surface area contributed by atoms with Crippen LogP contribution in [-0.4, -0.2) is 48.1 Å². The van der Waals surface area contributed by atoms with Gasteiger partial charge in [-0.05, 0) is 87.5 Å².